The van der Waals surface area contributed by atoms with Crippen molar-refractivity contribution in [2.45, 2.75) is 22.9 Å². The molecule has 0 saturated carbocycles. The number of guanidine groups is 1. The van der Waals surface area contributed by atoms with E-state index in [1.807, 2.05) is 19.2 Å². The van der Waals surface area contributed by atoms with Crippen molar-refractivity contribution in [3.63, 3.8) is 0 Å². The molecule has 0 bridgehead atoms. The topological polar surface area (TPSA) is 61.8 Å². The molecule has 2 aromatic carbocycles. The van der Waals surface area contributed by atoms with Crippen molar-refractivity contribution >= 4 is 51.5 Å². The van der Waals surface area contributed by atoms with E-state index in [-0.39, 0.29) is 24.0 Å². The van der Waals surface area contributed by atoms with Crippen molar-refractivity contribution in [1.29, 1.82) is 0 Å². The molecule has 0 aliphatic rings. The molecule has 2 rings (SSSR count). The van der Waals surface area contributed by atoms with E-state index in [1.165, 1.54) is 16.7 Å². The van der Waals surface area contributed by atoms with Crippen LogP contribution in [0.15, 0.2) is 63.3 Å². The number of nitrogens with one attached hydrogen (secondary N) is 1. The van der Waals surface area contributed by atoms with Gasteiger partial charge in [-0.05, 0) is 41.6 Å². The summed E-state index contributed by atoms with van der Waals surface area (Å²) in [6, 6.07) is 15.4. The summed E-state index contributed by atoms with van der Waals surface area (Å²) in [5.41, 5.74) is 2.21. The van der Waals surface area contributed by atoms with Gasteiger partial charge in [0.1, 0.15) is 0 Å². The molecule has 2 aromatic rings. The summed E-state index contributed by atoms with van der Waals surface area (Å²) >= 11 is 1.73. The average molecular weight is 519 g/mol. The van der Waals surface area contributed by atoms with Crippen molar-refractivity contribution in [2.24, 2.45) is 4.99 Å². The zero-order valence-electron chi connectivity index (χ0n) is 16.0. The van der Waals surface area contributed by atoms with Gasteiger partial charge in [0.25, 0.3) is 0 Å². The molecule has 0 aliphatic heterocycles. The first kappa shape index (κ1) is 23.8. The molecule has 1 N–H and O–H groups in total. The lowest BCUT2D eigenvalue weighted by Gasteiger charge is -2.22. The van der Waals surface area contributed by atoms with Crippen LogP contribution in [0.4, 0.5) is 0 Å². The van der Waals surface area contributed by atoms with Crippen LogP contribution in [0.2, 0.25) is 0 Å². The molecule has 0 radical (unpaired) electrons. The van der Waals surface area contributed by atoms with Crippen LogP contribution >= 0.6 is 35.7 Å². The van der Waals surface area contributed by atoms with Crippen LogP contribution in [0, 0.1) is 0 Å². The van der Waals surface area contributed by atoms with Gasteiger partial charge in [0.2, 0.25) is 0 Å². The number of benzene rings is 2. The summed E-state index contributed by atoms with van der Waals surface area (Å²) in [5, 5.41) is 3.31. The summed E-state index contributed by atoms with van der Waals surface area (Å²) in [5.74, 6) is 0.783. The lowest BCUT2D eigenvalue weighted by Crippen LogP contribution is -2.38. The minimum absolute atomic E-state index is 0. The van der Waals surface area contributed by atoms with E-state index < -0.39 is 9.84 Å². The largest absolute Gasteiger partial charge is 0.352 e. The molecule has 5 nitrogen and oxygen atoms in total. The van der Waals surface area contributed by atoms with Gasteiger partial charge < -0.3 is 10.2 Å². The quantitative estimate of drug-likeness (QED) is 0.274. The number of halogens is 1. The monoisotopic (exact) mass is 519 g/mol. The third-order valence-electron chi connectivity index (χ3n) is 3.95. The zero-order valence-corrected chi connectivity index (χ0v) is 19.9. The van der Waals surface area contributed by atoms with Crippen molar-refractivity contribution < 1.29 is 8.42 Å². The van der Waals surface area contributed by atoms with Crippen LogP contribution < -0.4 is 5.32 Å². The lowest BCUT2D eigenvalue weighted by atomic mass is 10.2. The SMILES string of the molecule is CN=C(NCc1ccc(S(C)(=O)=O)cc1)N(C)Cc1ccc(SC)cc1.I. The molecule has 27 heavy (non-hydrogen) atoms. The second-order valence-corrected chi connectivity index (χ2v) is 8.92. The highest BCUT2D eigenvalue weighted by molar-refractivity contribution is 14.0. The molecule has 0 aromatic heterocycles. The van der Waals surface area contributed by atoms with Crippen LogP contribution in [0.1, 0.15) is 11.1 Å². The predicted molar refractivity (Wildman–Crippen MR) is 125 cm³/mol. The first-order valence-electron chi connectivity index (χ1n) is 8.17. The van der Waals surface area contributed by atoms with Crippen molar-refractivity contribution in [3.8, 4) is 0 Å². The summed E-state index contributed by atoms with van der Waals surface area (Å²) in [6.45, 7) is 1.33. The summed E-state index contributed by atoms with van der Waals surface area (Å²) in [4.78, 5) is 7.95. The fourth-order valence-electron chi connectivity index (χ4n) is 2.50. The minimum Gasteiger partial charge on any atom is -0.352 e. The highest BCUT2D eigenvalue weighted by Gasteiger charge is 2.08. The highest BCUT2D eigenvalue weighted by atomic mass is 127. The Morgan fingerprint density at radius 2 is 1.63 bits per heavy atom. The first-order valence-corrected chi connectivity index (χ1v) is 11.3. The van der Waals surface area contributed by atoms with E-state index in [0.717, 1.165) is 18.1 Å². The Balaban J connectivity index is 0.00000364. The Kier molecular flexibility index (Phi) is 9.61. The maximum absolute atomic E-state index is 11.5. The molecule has 0 spiro atoms. The normalized spacial score (nSPS) is 11.6. The number of hydrogen-bond acceptors (Lipinski definition) is 4. The van der Waals surface area contributed by atoms with Crippen LogP contribution in [-0.4, -0.2) is 45.9 Å². The van der Waals surface area contributed by atoms with E-state index in [9.17, 15) is 8.42 Å². The third-order valence-corrected chi connectivity index (χ3v) is 5.83. The third kappa shape index (κ3) is 7.34. The number of aliphatic imine (C=N–C) groups is 1. The van der Waals surface area contributed by atoms with Crippen LogP contribution in [-0.2, 0) is 22.9 Å². The summed E-state index contributed by atoms with van der Waals surface area (Å²) in [7, 11) is 0.581. The van der Waals surface area contributed by atoms with Gasteiger partial charge in [-0.2, -0.15) is 0 Å². The van der Waals surface area contributed by atoms with Gasteiger partial charge in [0.05, 0.1) is 4.90 Å². The lowest BCUT2D eigenvalue weighted by molar-refractivity contribution is 0.476. The number of nitrogens with zero attached hydrogens (tertiary/aromatic N) is 2. The molecular weight excluding hydrogens is 493 g/mol. The van der Waals surface area contributed by atoms with E-state index in [4.69, 9.17) is 0 Å². The minimum atomic E-state index is -3.16. The Morgan fingerprint density at radius 3 is 2.11 bits per heavy atom. The number of hydrogen-bond donors (Lipinski definition) is 1. The molecule has 0 atom stereocenters. The molecule has 0 saturated heterocycles. The van der Waals surface area contributed by atoms with Gasteiger partial charge in [0, 0.05) is 38.3 Å². The maximum Gasteiger partial charge on any atom is 0.193 e. The Morgan fingerprint density at radius 1 is 1.07 bits per heavy atom. The maximum atomic E-state index is 11.5. The summed E-state index contributed by atoms with van der Waals surface area (Å²) in [6.07, 6.45) is 3.28. The van der Waals surface area contributed by atoms with Gasteiger partial charge in [0.15, 0.2) is 15.8 Å². The smallest absolute Gasteiger partial charge is 0.193 e. The number of rotatable bonds is 6. The molecule has 148 valence electrons. The van der Waals surface area contributed by atoms with Gasteiger partial charge >= 0.3 is 0 Å². The first-order chi connectivity index (χ1) is 12.3. The van der Waals surface area contributed by atoms with Gasteiger partial charge in [-0.1, -0.05) is 24.3 Å². The fraction of sp³-hybridized carbons (Fsp3) is 0.316. The fourth-order valence-corrected chi connectivity index (χ4v) is 3.54. The Labute approximate surface area is 183 Å². The average Bonchev–Trinajstić information content (AvgIpc) is 2.62. The van der Waals surface area contributed by atoms with E-state index in [1.54, 1.807) is 30.9 Å². The van der Waals surface area contributed by atoms with E-state index >= 15 is 0 Å². The highest BCUT2D eigenvalue weighted by Crippen LogP contribution is 2.15. The van der Waals surface area contributed by atoms with Crippen LogP contribution in [0.25, 0.3) is 0 Å². The van der Waals surface area contributed by atoms with Crippen molar-refractivity contribution in [1.82, 2.24) is 10.2 Å². The molecule has 0 unspecified atom stereocenters. The van der Waals surface area contributed by atoms with Gasteiger partial charge in [-0.25, -0.2) is 8.42 Å². The van der Waals surface area contributed by atoms with Gasteiger partial charge in [-0.15, -0.1) is 35.7 Å². The Bertz CT molecular complexity index is 852. The van der Waals surface area contributed by atoms with E-state index in [2.05, 4.69) is 45.7 Å². The second-order valence-electron chi connectivity index (χ2n) is 6.02. The second kappa shape index (κ2) is 10.9. The zero-order chi connectivity index (χ0) is 19.2. The molecule has 8 heteroatoms. The summed E-state index contributed by atoms with van der Waals surface area (Å²) < 4.78 is 23.0. The number of thioether (sulfide) groups is 1. The van der Waals surface area contributed by atoms with Gasteiger partial charge in [-0.3, -0.25) is 4.99 Å². The molecule has 0 heterocycles. The standard InChI is InChI=1S/C19H25N3O2S2.HI/c1-20-19(22(2)14-16-5-9-17(25-3)10-6-16)21-13-15-7-11-18(12-8-15)26(4,23)24;/h5-12H,13-14H2,1-4H3,(H,20,21);1H. The molecular formula is C19H26IN3O2S2. The number of sulfone groups is 1. The molecule has 0 amide bonds. The Hall–Kier alpha value is -1.26. The van der Waals surface area contributed by atoms with Crippen LogP contribution in [0.5, 0.6) is 0 Å². The molecule has 0 fully saturated rings. The van der Waals surface area contributed by atoms with Crippen molar-refractivity contribution in [2.75, 3.05) is 26.6 Å². The molecule has 0 aliphatic carbocycles. The predicted octanol–water partition coefficient (Wildman–Crippen LogP) is 3.64. The van der Waals surface area contributed by atoms with Crippen molar-refractivity contribution in [3.05, 3.63) is 59.7 Å². The van der Waals surface area contributed by atoms with E-state index in [0.29, 0.717) is 11.4 Å². The van der Waals surface area contributed by atoms with Crippen LogP contribution in [0.3, 0.4) is 0 Å².